The monoisotopic (exact) mass is 314 g/mol. The second kappa shape index (κ2) is 5.91. The molecule has 2 saturated heterocycles. The summed E-state index contributed by atoms with van der Waals surface area (Å²) in [6.45, 7) is 2.03. The van der Waals surface area contributed by atoms with Crippen LogP contribution in [0.15, 0.2) is 24.3 Å². The van der Waals surface area contributed by atoms with Gasteiger partial charge in [0.05, 0.1) is 5.60 Å². The Labute approximate surface area is 137 Å². The highest BCUT2D eigenvalue weighted by Crippen LogP contribution is 2.41. The summed E-state index contributed by atoms with van der Waals surface area (Å²) in [5, 5.41) is 17.1. The second-order valence-electron chi connectivity index (χ2n) is 7.59. The van der Waals surface area contributed by atoms with Crippen LogP contribution >= 0.6 is 0 Å². The highest BCUT2D eigenvalue weighted by Gasteiger charge is 2.37. The highest BCUT2D eigenvalue weighted by atomic mass is 16.3. The van der Waals surface area contributed by atoms with Gasteiger partial charge in [0, 0.05) is 12.0 Å². The molecule has 1 amide bonds. The molecule has 23 heavy (non-hydrogen) atoms. The summed E-state index contributed by atoms with van der Waals surface area (Å²) >= 11 is 0. The van der Waals surface area contributed by atoms with Crippen LogP contribution in [0, 0.1) is 11.8 Å². The number of aliphatic hydroxyl groups is 1. The SMILES string of the molecule is O=C1NC2CCNCC2CC1Cc1ccc(C2(O)CCC2)cc1. The maximum absolute atomic E-state index is 12.4. The predicted molar refractivity (Wildman–Crippen MR) is 88.9 cm³/mol. The van der Waals surface area contributed by atoms with E-state index >= 15 is 0 Å². The molecule has 1 aliphatic carbocycles. The molecule has 2 aliphatic heterocycles. The number of carbonyl (C=O) groups excluding carboxylic acids is 1. The third-order valence-corrected chi connectivity index (χ3v) is 6.05. The summed E-state index contributed by atoms with van der Waals surface area (Å²) < 4.78 is 0. The molecule has 2 heterocycles. The topological polar surface area (TPSA) is 61.4 Å². The zero-order valence-electron chi connectivity index (χ0n) is 13.6. The van der Waals surface area contributed by atoms with Gasteiger partial charge in [0.25, 0.3) is 0 Å². The maximum atomic E-state index is 12.4. The van der Waals surface area contributed by atoms with Crippen molar-refractivity contribution >= 4 is 5.91 Å². The quantitative estimate of drug-likeness (QED) is 0.796. The number of fused-ring (bicyclic) bond motifs is 1. The lowest BCUT2D eigenvalue weighted by Crippen LogP contribution is -2.56. The van der Waals surface area contributed by atoms with Gasteiger partial charge in [-0.05, 0) is 68.7 Å². The first-order valence-electron chi connectivity index (χ1n) is 8.97. The summed E-state index contributed by atoms with van der Waals surface area (Å²) in [4.78, 5) is 12.4. The number of hydrogen-bond acceptors (Lipinski definition) is 3. The van der Waals surface area contributed by atoms with Crippen LogP contribution in [0.1, 0.15) is 43.2 Å². The average molecular weight is 314 g/mol. The fourth-order valence-electron chi connectivity index (χ4n) is 4.35. The predicted octanol–water partition coefficient (Wildman–Crippen LogP) is 1.71. The van der Waals surface area contributed by atoms with E-state index in [2.05, 4.69) is 22.8 Å². The van der Waals surface area contributed by atoms with Crippen molar-refractivity contribution in [1.29, 1.82) is 0 Å². The van der Waals surface area contributed by atoms with Crippen LogP contribution in [0.5, 0.6) is 0 Å². The highest BCUT2D eigenvalue weighted by molar-refractivity contribution is 5.80. The molecule has 0 aromatic heterocycles. The molecule has 3 atom stereocenters. The molecule has 3 fully saturated rings. The second-order valence-corrected chi connectivity index (χ2v) is 7.59. The Balaban J connectivity index is 1.42. The normalized spacial score (nSPS) is 32.6. The van der Waals surface area contributed by atoms with Gasteiger partial charge in [-0.1, -0.05) is 24.3 Å². The van der Waals surface area contributed by atoms with Gasteiger partial charge < -0.3 is 15.7 Å². The number of carbonyl (C=O) groups is 1. The van der Waals surface area contributed by atoms with Crippen molar-refractivity contribution in [3.05, 3.63) is 35.4 Å². The molecule has 1 aromatic rings. The zero-order valence-corrected chi connectivity index (χ0v) is 13.6. The van der Waals surface area contributed by atoms with Crippen LogP contribution in [-0.2, 0) is 16.8 Å². The first-order valence-corrected chi connectivity index (χ1v) is 8.97. The summed E-state index contributed by atoms with van der Waals surface area (Å²) in [5.41, 5.74) is 1.62. The van der Waals surface area contributed by atoms with E-state index in [0.29, 0.717) is 12.0 Å². The van der Waals surface area contributed by atoms with Crippen molar-refractivity contribution in [3.63, 3.8) is 0 Å². The van der Waals surface area contributed by atoms with Gasteiger partial charge in [0.1, 0.15) is 0 Å². The van der Waals surface area contributed by atoms with Gasteiger partial charge in [-0.15, -0.1) is 0 Å². The third kappa shape index (κ3) is 2.90. The Morgan fingerprint density at radius 1 is 1.22 bits per heavy atom. The minimum absolute atomic E-state index is 0.0776. The van der Waals surface area contributed by atoms with Crippen LogP contribution in [0.2, 0.25) is 0 Å². The summed E-state index contributed by atoms with van der Waals surface area (Å²) in [6.07, 6.45) is 5.68. The molecule has 1 saturated carbocycles. The minimum Gasteiger partial charge on any atom is -0.385 e. The van der Waals surface area contributed by atoms with Crippen molar-refractivity contribution in [3.8, 4) is 0 Å². The molecular weight excluding hydrogens is 288 g/mol. The van der Waals surface area contributed by atoms with Crippen LogP contribution in [0.4, 0.5) is 0 Å². The van der Waals surface area contributed by atoms with Gasteiger partial charge in [0.15, 0.2) is 0 Å². The number of amides is 1. The standard InChI is InChI=1S/C19H26N2O2/c22-18-14(11-15-12-20-9-6-17(15)21-18)10-13-2-4-16(5-3-13)19(23)7-1-8-19/h2-5,14-15,17,20,23H,1,6-12H2,(H,21,22). The van der Waals surface area contributed by atoms with E-state index in [-0.39, 0.29) is 11.8 Å². The Bertz CT molecular complexity index is 580. The lowest BCUT2D eigenvalue weighted by molar-refractivity contribution is -0.129. The Kier molecular flexibility index (Phi) is 3.90. The van der Waals surface area contributed by atoms with Crippen molar-refractivity contribution in [2.24, 2.45) is 11.8 Å². The van der Waals surface area contributed by atoms with Gasteiger partial charge in [0.2, 0.25) is 5.91 Å². The van der Waals surface area contributed by atoms with E-state index in [1.165, 1.54) is 5.56 Å². The average Bonchev–Trinajstić information content (AvgIpc) is 2.54. The number of piperidine rings is 2. The van der Waals surface area contributed by atoms with E-state index in [9.17, 15) is 9.90 Å². The van der Waals surface area contributed by atoms with E-state index in [1.54, 1.807) is 0 Å². The lowest BCUT2D eigenvalue weighted by atomic mass is 9.74. The molecule has 4 rings (SSSR count). The zero-order chi connectivity index (χ0) is 15.9. The molecule has 0 spiro atoms. The first-order chi connectivity index (χ1) is 11.1. The van der Waals surface area contributed by atoms with Crippen molar-refractivity contribution in [2.45, 2.75) is 50.2 Å². The number of hydrogen-bond donors (Lipinski definition) is 3. The fraction of sp³-hybridized carbons (Fsp3) is 0.632. The van der Waals surface area contributed by atoms with Gasteiger partial charge in [-0.2, -0.15) is 0 Å². The molecule has 1 aromatic carbocycles. The van der Waals surface area contributed by atoms with Crippen molar-refractivity contribution < 1.29 is 9.90 Å². The molecule has 0 bridgehead atoms. The van der Waals surface area contributed by atoms with Crippen molar-refractivity contribution in [1.82, 2.24) is 10.6 Å². The molecule has 3 N–H and O–H groups in total. The van der Waals surface area contributed by atoms with Gasteiger partial charge in [-0.25, -0.2) is 0 Å². The van der Waals surface area contributed by atoms with E-state index in [0.717, 1.165) is 57.2 Å². The van der Waals surface area contributed by atoms with Crippen LogP contribution < -0.4 is 10.6 Å². The van der Waals surface area contributed by atoms with Crippen LogP contribution in [0.25, 0.3) is 0 Å². The lowest BCUT2D eigenvalue weighted by Gasteiger charge is -2.40. The molecule has 3 aliphatic rings. The number of benzene rings is 1. The molecule has 0 radical (unpaired) electrons. The van der Waals surface area contributed by atoms with Crippen LogP contribution in [0.3, 0.4) is 0 Å². The van der Waals surface area contributed by atoms with E-state index in [4.69, 9.17) is 0 Å². The summed E-state index contributed by atoms with van der Waals surface area (Å²) in [7, 11) is 0. The van der Waals surface area contributed by atoms with E-state index in [1.807, 2.05) is 12.1 Å². The maximum Gasteiger partial charge on any atom is 0.223 e. The largest absolute Gasteiger partial charge is 0.385 e. The molecule has 4 nitrogen and oxygen atoms in total. The molecular formula is C19H26N2O2. The number of rotatable bonds is 3. The van der Waals surface area contributed by atoms with Crippen LogP contribution in [-0.4, -0.2) is 30.1 Å². The Morgan fingerprint density at radius 2 is 2.00 bits per heavy atom. The van der Waals surface area contributed by atoms with Crippen molar-refractivity contribution in [2.75, 3.05) is 13.1 Å². The summed E-state index contributed by atoms with van der Waals surface area (Å²) in [6, 6.07) is 8.63. The molecule has 3 unspecified atom stereocenters. The Morgan fingerprint density at radius 3 is 2.70 bits per heavy atom. The van der Waals surface area contributed by atoms with Gasteiger partial charge >= 0.3 is 0 Å². The number of nitrogens with one attached hydrogen (secondary N) is 2. The van der Waals surface area contributed by atoms with E-state index < -0.39 is 5.60 Å². The first kappa shape index (κ1) is 15.2. The Hall–Kier alpha value is -1.39. The van der Waals surface area contributed by atoms with Gasteiger partial charge in [-0.3, -0.25) is 4.79 Å². The molecule has 4 heteroatoms. The molecule has 124 valence electrons. The minimum atomic E-state index is -0.596. The smallest absolute Gasteiger partial charge is 0.223 e. The summed E-state index contributed by atoms with van der Waals surface area (Å²) in [5.74, 6) is 0.866. The fourth-order valence-corrected chi connectivity index (χ4v) is 4.35. The third-order valence-electron chi connectivity index (χ3n) is 6.05.